The Morgan fingerprint density at radius 3 is 2.58 bits per heavy atom. The second kappa shape index (κ2) is 6.11. The van der Waals surface area contributed by atoms with Crippen LogP contribution >= 0.6 is 11.6 Å². The lowest BCUT2D eigenvalue weighted by Gasteiger charge is -2.33. The van der Waals surface area contributed by atoms with Crippen LogP contribution in [0.2, 0.25) is 0 Å². The molecule has 1 aromatic rings. The first-order valence-corrected chi connectivity index (χ1v) is 8.29. The molecule has 0 saturated carbocycles. The zero-order chi connectivity index (χ0) is 13.9. The fourth-order valence-electron chi connectivity index (χ4n) is 2.33. The van der Waals surface area contributed by atoms with Gasteiger partial charge >= 0.3 is 0 Å². The highest BCUT2D eigenvalue weighted by Crippen LogP contribution is 2.26. The Morgan fingerprint density at radius 1 is 1.32 bits per heavy atom. The van der Waals surface area contributed by atoms with Gasteiger partial charge in [-0.3, -0.25) is 0 Å². The number of alkyl halides is 1. The van der Waals surface area contributed by atoms with Crippen molar-refractivity contribution in [2.24, 2.45) is 0 Å². The molecule has 4 nitrogen and oxygen atoms in total. The fraction of sp³-hybridized carbons (Fsp3) is 0.538. The van der Waals surface area contributed by atoms with E-state index in [1.165, 1.54) is 4.31 Å². The van der Waals surface area contributed by atoms with Crippen molar-refractivity contribution < 1.29 is 13.2 Å². The summed E-state index contributed by atoms with van der Waals surface area (Å²) in [5.41, 5.74) is 0. The summed E-state index contributed by atoms with van der Waals surface area (Å²) in [6.45, 7) is 0.547. The van der Waals surface area contributed by atoms with Crippen molar-refractivity contribution in [3.8, 4) is 5.75 Å². The second-order valence-electron chi connectivity index (χ2n) is 4.60. The van der Waals surface area contributed by atoms with E-state index in [0.29, 0.717) is 23.1 Å². The van der Waals surface area contributed by atoms with Crippen LogP contribution in [0.1, 0.15) is 19.3 Å². The Morgan fingerprint density at radius 2 is 2.00 bits per heavy atom. The minimum Gasteiger partial charge on any atom is -0.497 e. The minimum atomic E-state index is -3.45. The maximum Gasteiger partial charge on any atom is 0.243 e. The standard InChI is InChI=1S/C13H18ClNO3S/c1-18-12-5-7-13(8-6-12)19(16,17)15-9-3-2-4-11(15)10-14/h5-8,11H,2-4,9-10H2,1H3. The van der Waals surface area contributed by atoms with E-state index in [1.54, 1.807) is 31.4 Å². The molecule has 1 heterocycles. The molecule has 1 unspecified atom stereocenters. The molecule has 6 heteroatoms. The highest BCUT2D eigenvalue weighted by Gasteiger charge is 2.32. The number of ether oxygens (including phenoxy) is 1. The Labute approximate surface area is 119 Å². The smallest absolute Gasteiger partial charge is 0.243 e. The van der Waals surface area contributed by atoms with Crippen LogP contribution in [0.15, 0.2) is 29.2 Å². The summed E-state index contributed by atoms with van der Waals surface area (Å²) in [6.07, 6.45) is 2.76. The van der Waals surface area contributed by atoms with E-state index in [-0.39, 0.29) is 6.04 Å². The third kappa shape index (κ3) is 3.04. The fourth-order valence-corrected chi connectivity index (χ4v) is 4.42. The molecule has 0 radical (unpaired) electrons. The van der Waals surface area contributed by atoms with Crippen LogP contribution < -0.4 is 4.74 Å². The van der Waals surface area contributed by atoms with Crippen LogP contribution in [-0.2, 0) is 10.0 Å². The van der Waals surface area contributed by atoms with Crippen LogP contribution in [-0.4, -0.2) is 38.3 Å². The van der Waals surface area contributed by atoms with Gasteiger partial charge in [-0.05, 0) is 37.1 Å². The highest BCUT2D eigenvalue weighted by atomic mass is 35.5. The molecule has 1 saturated heterocycles. The topological polar surface area (TPSA) is 46.6 Å². The van der Waals surface area contributed by atoms with Crippen molar-refractivity contribution in [1.82, 2.24) is 4.31 Å². The summed E-state index contributed by atoms with van der Waals surface area (Å²) in [4.78, 5) is 0.297. The van der Waals surface area contributed by atoms with Crippen LogP contribution in [0.4, 0.5) is 0 Å². The largest absolute Gasteiger partial charge is 0.497 e. The van der Waals surface area contributed by atoms with Crippen molar-refractivity contribution in [1.29, 1.82) is 0 Å². The number of benzene rings is 1. The zero-order valence-corrected chi connectivity index (χ0v) is 12.5. The van der Waals surface area contributed by atoms with Gasteiger partial charge in [0.25, 0.3) is 0 Å². The maximum absolute atomic E-state index is 12.6. The Balaban J connectivity index is 2.29. The van der Waals surface area contributed by atoms with Crippen molar-refractivity contribution in [2.75, 3.05) is 19.5 Å². The predicted molar refractivity (Wildman–Crippen MR) is 75.2 cm³/mol. The molecule has 0 aliphatic carbocycles. The molecule has 106 valence electrons. The normalized spacial score (nSPS) is 21.3. The quantitative estimate of drug-likeness (QED) is 0.803. The summed E-state index contributed by atoms with van der Waals surface area (Å²) < 4.78 is 31.7. The SMILES string of the molecule is COc1ccc(S(=O)(=O)N2CCCCC2CCl)cc1. The number of rotatable bonds is 4. The van der Waals surface area contributed by atoms with Crippen molar-refractivity contribution in [3.63, 3.8) is 0 Å². The van der Waals surface area contributed by atoms with Gasteiger partial charge in [-0.2, -0.15) is 4.31 Å². The first-order chi connectivity index (χ1) is 9.09. The maximum atomic E-state index is 12.6. The zero-order valence-electron chi connectivity index (χ0n) is 10.9. The van der Waals surface area contributed by atoms with Crippen molar-refractivity contribution >= 4 is 21.6 Å². The number of hydrogen-bond acceptors (Lipinski definition) is 3. The molecule has 1 aliphatic heterocycles. The van der Waals surface area contributed by atoms with E-state index in [2.05, 4.69) is 0 Å². The molecule has 1 atom stereocenters. The Hall–Kier alpha value is -0.780. The Kier molecular flexibility index (Phi) is 4.71. The molecule has 1 aliphatic rings. The lowest BCUT2D eigenvalue weighted by Crippen LogP contribution is -2.44. The molecule has 0 spiro atoms. The van der Waals surface area contributed by atoms with Gasteiger partial charge in [0.05, 0.1) is 12.0 Å². The number of piperidine rings is 1. The first-order valence-electron chi connectivity index (χ1n) is 6.31. The summed E-state index contributed by atoms with van der Waals surface area (Å²) in [6, 6.07) is 6.38. The summed E-state index contributed by atoms with van der Waals surface area (Å²) >= 11 is 5.89. The number of sulfonamides is 1. The second-order valence-corrected chi connectivity index (χ2v) is 6.79. The molecular formula is C13H18ClNO3S. The molecule has 1 fully saturated rings. The third-order valence-corrected chi connectivity index (χ3v) is 5.74. The highest BCUT2D eigenvalue weighted by molar-refractivity contribution is 7.89. The summed E-state index contributed by atoms with van der Waals surface area (Å²) in [5.74, 6) is 0.988. The predicted octanol–water partition coefficient (Wildman–Crippen LogP) is 2.48. The average Bonchev–Trinajstić information content (AvgIpc) is 2.47. The van der Waals surface area contributed by atoms with Gasteiger partial charge < -0.3 is 4.74 Å². The molecule has 2 rings (SSSR count). The minimum absolute atomic E-state index is 0.0949. The van der Waals surface area contributed by atoms with Gasteiger partial charge in [-0.15, -0.1) is 11.6 Å². The lowest BCUT2D eigenvalue weighted by atomic mass is 10.1. The van der Waals surface area contributed by atoms with Gasteiger partial charge in [-0.1, -0.05) is 6.42 Å². The van der Waals surface area contributed by atoms with Gasteiger partial charge in [0, 0.05) is 18.5 Å². The number of hydrogen-bond donors (Lipinski definition) is 0. The summed E-state index contributed by atoms with van der Waals surface area (Å²) in [7, 11) is -1.90. The average molecular weight is 304 g/mol. The van der Waals surface area contributed by atoms with E-state index >= 15 is 0 Å². The number of halogens is 1. The van der Waals surface area contributed by atoms with Crippen LogP contribution in [0.5, 0.6) is 5.75 Å². The van der Waals surface area contributed by atoms with E-state index in [4.69, 9.17) is 16.3 Å². The van der Waals surface area contributed by atoms with E-state index < -0.39 is 10.0 Å². The van der Waals surface area contributed by atoms with Crippen LogP contribution in [0.25, 0.3) is 0 Å². The van der Waals surface area contributed by atoms with Crippen molar-refractivity contribution in [2.45, 2.75) is 30.2 Å². The molecular weight excluding hydrogens is 286 g/mol. The summed E-state index contributed by atoms with van der Waals surface area (Å²) in [5, 5.41) is 0. The molecule has 1 aromatic carbocycles. The molecule has 0 bridgehead atoms. The monoisotopic (exact) mass is 303 g/mol. The van der Waals surface area contributed by atoms with E-state index in [1.807, 2.05) is 0 Å². The molecule has 0 amide bonds. The first kappa shape index (κ1) is 14.6. The van der Waals surface area contributed by atoms with E-state index in [9.17, 15) is 8.42 Å². The lowest BCUT2D eigenvalue weighted by molar-refractivity contribution is 0.271. The number of nitrogens with zero attached hydrogens (tertiary/aromatic N) is 1. The van der Waals surface area contributed by atoms with E-state index in [0.717, 1.165) is 19.3 Å². The van der Waals surface area contributed by atoms with Crippen LogP contribution in [0.3, 0.4) is 0 Å². The molecule has 0 N–H and O–H groups in total. The molecule has 19 heavy (non-hydrogen) atoms. The van der Waals surface area contributed by atoms with Crippen molar-refractivity contribution in [3.05, 3.63) is 24.3 Å². The molecule has 0 aromatic heterocycles. The Bertz CT molecular complexity index is 515. The van der Waals surface area contributed by atoms with Gasteiger partial charge in [0.15, 0.2) is 0 Å². The number of methoxy groups -OCH3 is 1. The van der Waals surface area contributed by atoms with Gasteiger partial charge in [0.1, 0.15) is 5.75 Å². The van der Waals surface area contributed by atoms with Gasteiger partial charge in [0.2, 0.25) is 10.0 Å². The third-order valence-electron chi connectivity index (χ3n) is 3.42. The van der Waals surface area contributed by atoms with Crippen LogP contribution in [0, 0.1) is 0 Å². The van der Waals surface area contributed by atoms with Gasteiger partial charge in [-0.25, -0.2) is 8.42 Å².